The van der Waals surface area contributed by atoms with Crippen LogP contribution >= 0.6 is 0 Å². The van der Waals surface area contributed by atoms with Gasteiger partial charge in [-0.1, -0.05) is 26.2 Å². The Balaban J connectivity index is -0.0000000935. The van der Waals surface area contributed by atoms with Gasteiger partial charge in [0.2, 0.25) is 0 Å². The number of ether oxygens (including phenoxy) is 1. The molecule has 0 atom stereocenters. The second-order valence-electron chi connectivity index (χ2n) is 6.87. The summed E-state index contributed by atoms with van der Waals surface area (Å²) in [6.07, 6.45) is 4.01. The number of carboxylic acid groups (broad SMARTS) is 1. The summed E-state index contributed by atoms with van der Waals surface area (Å²) in [4.78, 5) is 9.96. The van der Waals surface area contributed by atoms with E-state index in [-0.39, 0.29) is 46.6 Å². The standard InChI is InChI=1S/C8H16O3.C6H5.3C3H8O.Ti/c1-2-3-4-5-6-11-7-8(9)10;1-2-4-6-5-3-1;3*1-3(2)4;/h2-7H2,1H3,(H,9,10);1-5H;3*3-4H,1-2H3;/q;-1;;;;. The number of carboxylic acids is 1. The molecule has 7 heteroatoms. The van der Waals surface area contributed by atoms with Crippen LogP contribution in [0.15, 0.2) is 30.3 Å². The van der Waals surface area contributed by atoms with Crippen LogP contribution in [0.5, 0.6) is 0 Å². The minimum Gasteiger partial charge on any atom is -0.480 e. The van der Waals surface area contributed by atoms with Crippen LogP contribution in [0.4, 0.5) is 0 Å². The Morgan fingerprint density at radius 3 is 1.47 bits per heavy atom. The Kier molecular flexibility index (Phi) is 47.2. The topological polar surface area (TPSA) is 107 Å². The summed E-state index contributed by atoms with van der Waals surface area (Å²) in [6.45, 7) is 12.9. The first kappa shape index (κ1) is 39.7. The largest absolute Gasteiger partial charge is 0.480 e. The molecule has 0 saturated heterocycles. The van der Waals surface area contributed by atoms with Gasteiger partial charge >= 0.3 is 5.97 Å². The van der Waals surface area contributed by atoms with E-state index < -0.39 is 5.97 Å². The summed E-state index contributed by atoms with van der Waals surface area (Å²) in [6, 6.07) is 12.5. The van der Waals surface area contributed by atoms with Gasteiger partial charge in [-0.2, -0.15) is 36.4 Å². The van der Waals surface area contributed by atoms with Gasteiger partial charge in [0.25, 0.3) is 0 Å². The zero-order valence-electron chi connectivity index (χ0n) is 20.0. The molecule has 1 aromatic carbocycles. The van der Waals surface area contributed by atoms with Gasteiger partial charge < -0.3 is 25.2 Å². The molecular formula is C23H45O6Ti-. The third kappa shape index (κ3) is 107. The normalized spacial score (nSPS) is 8.83. The fourth-order valence-electron chi connectivity index (χ4n) is 1.13. The smallest absolute Gasteiger partial charge is 0.329 e. The molecule has 0 unspecified atom stereocenters. The predicted octanol–water partition coefficient (Wildman–Crippen LogP) is 4.31. The second kappa shape index (κ2) is 35.7. The van der Waals surface area contributed by atoms with E-state index in [9.17, 15) is 4.79 Å². The Morgan fingerprint density at radius 1 is 0.833 bits per heavy atom. The molecule has 0 amide bonds. The molecule has 0 bridgehead atoms. The van der Waals surface area contributed by atoms with Crippen LogP contribution in [-0.2, 0) is 31.2 Å². The summed E-state index contributed by atoms with van der Waals surface area (Å²) in [5, 5.41) is 32.4. The van der Waals surface area contributed by atoms with Gasteiger partial charge in [0.1, 0.15) is 6.61 Å². The number of unbranched alkanes of at least 4 members (excludes halogenated alkanes) is 3. The Hall–Kier alpha value is -0.756. The van der Waals surface area contributed by atoms with Gasteiger partial charge in [-0.05, 0) is 48.0 Å². The van der Waals surface area contributed by atoms with E-state index in [1.807, 2.05) is 30.3 Å². The van der Waals surface area contributed by atoms with Crippen molar-refractivity contribution in [1.29, 1.82) is 0 Å². The minimum absolute atomic E-state index is 0. The number of rotatable bonds is 7. The van der Waals surface area contributed by atoms with Crippen LogP contribution in [0.3, 0.4) is 0 Å². The van der Waals surface area contributed by atoms with E-state index in [1.165, 1.54) is 12.8 Å². The number of aliphatic hydroxyl groups excluding tert-OH is 3. The molecule has 0 aromatic heterocycles. The molecule has 0 radical (unpaired) electrons. The van der Waals surface area contributed by atoms with Crippen molar-refractivity contribution in [3.8, 4) is 0 Å². The maximum absolute atomic E-state index is 9.96. The molecule has 1 rings (SSSR count). The van der Waals surface area contributed by atoms with Crippen LogP contribution in [0.2, 0.25) is 0 Å². The molecule has 0 heterocycles. The van der Waals surface area contributed by atoms with Crippen molar-refractivity contribution in [2.24, 2.45) is 0 Å². The molecule has 0 spiro atoms. The van der Waals surface area contributed by atoms with Crippen molar-refractivity contribution in [1.82, 2.24) is 0 Å². The monoisotopic (exact) mass is 465 g/mol. The fraction of sp³-hybridized carbons (Fsp3) is 0.696. The van der Waals surface area contributed by atoms with Gasteiger partial charge in [-0.15, -0.1) is 0 Å². The molecular weight excluding hydrogens is 420 g/mol. The predicted molar refractivity (Wildman–Crippen MR) is 120 cm³/mol. The van der Waals surface area contributed by atoms with Crippen LogP contribution < -0.4 is 0 Å². The molecule has 4 N–H and O–H groups in total. The maximum Gasteiger partial charge on any atom is 0.329 e. The first-order valence-electron chi connectivity index (χ1n) is 10.2. The summed E-state index contributed by atoms with van der Waals surface area (Å²) in [5.74, 6) is -0.888. The third-order valence-corrected chi connectivity index (χ3v) is 1.97. The van der Waals surface area contributed by atoms with Gasteiger partial charge in [-0.3, -0.25) is 0 Å². The van der Waals surface area contributed by atoms with Gasteiger partial charge in [-0.25, -0.2) is 4.79 Å². The molecule has 1 aromatic rings. The number of aliphatic carboxylic acids is 1. The molecule has 0 aliphatic rings. The van der Waals surface area contributed by atoms with Crippen molar-refractivity contribution in [3.63, 3.8) is 0 Å². The molecule has 30 heavy (non-hydrogen) atoms. The molecule has 0 aliphatic carbocycles. The second-order valence-corrected chi connectivity index (χ2v) is 6.87. The first-order valence-corrected chi connectivity index (χ1v) is 10.2. The molecule has 6 nitrogen and oxygen atoms in total. The fourth-order valence-corrected chi connectivity index (χ4v) is 1.13. The SMILES string of the molecule is CC(C)O.CC(C)O.CC(C)O.CCCCCCOCC(=O)O.[Ti].[c-]1ccccc1. The number of carbonyl (C=O) groups is 1. The average Bonchev–Trinajstić information content (AvgIpc) is 2.58. The van der Waals surface area contributed by atoms with E-state index in [2.05, 4.69) is 13.0 Å². The number of hydrogen-bond donors (Lipinski definition) is 4. The average molecular weight is 465 g/mol. The first-order chi connectivity index (χ1) is 13.5. The van der Waals surface area contributed by atoms with Gasteiger partial charge in [0.15, 0.2) is 0 Å². The van der Waals surface area contributed by atoms with E-state index in [0.717, 1.165) is 12.8 Å². The number of benzene rings is 1. The van der Waals surface area contributed by atoms with Crippen LogP contribution in [-0.4, -0.2) is 57.9 Å². The van der Waals surface area contributed by atoms with E-state index in [0.29, 0.717) is 6.61 Å². The molecule has 0 fully saturated rings. The maximum atomic E-state index is 9.96. The molecule has 0 aliphatic heterocycles. The summed E-state index contributed by atoms with van der Waals surface area (Å²) >= 11 is 0. The number of aliphatic hydroxyl groups is 3. The molecule has 178 valence electrons. The van der Waals surface area contributed by atoms with Crippen molar-refractivity contribution in [3.05, 3.63) is 36.4 Å². The summed E-state index contributed by atoms with van der Waals surface area (Å²) in [7, 11) is 0. The third-order valence-electron chi connectivity index (χ3n) is 1.97. The van der Waals surface area contributed by atoms with Gasteiger partial charge in [0.05, 0.1) is 0 Å². The van der Waals surface area contributed by atoms with Crippen LogP contribution in [0, 0.1) is 6.07 Å². The van der Waals surface area contributed by atoms with Crippen molar-refractivity contribution >= 4 is 5.97 Å². The summed E-state index contributed by atoms with van der Waals surface area (Å²) in [5.41, 5.74) is 0. The zero-order chi connectivity index (χ0) is 23.5. The quantitative estimate of drug-likeness (QED) is 0.272. The minimum atomic E-state index is -0.888. The number of hydrogen-bond acceptors (Lipinski definition) is 5. The zero-order valence-corrected chi connectivity index (χ0v) is 21.5. The van der Waals surface area contributed by atoms with Gasteiger partial charge in [0, 0.05) is 46.6 Å². The van der Waals surface area contributed by atoms with Crippen LogP contribution in [0.25, 0.3) is 0 Å². The van der Waals surface area contributed by atoms with E-state index in [1.54, 1.807) is 41.5 Å². The van der Waals surface area contributed by atoms with E-state index in [4.69, 9.17) is 25.2 Å². The van der Waals surface area contributed by atoms with E-state index >= 15 is 0 Å². The molecule has 0 saturated carbocycles. The Labute approximate surface area is 199 Å². The van der Waals surface area contributed by atoms with Crippen molar-refractivity contribution in [2.45, 2.75) is 92.5 Å². The Morgan fingerprint density at radius 2 is 1.23 bits per heavy atom. The van der Waals surface area contributed by atoms with Crippen LogP contribution in [0.1, 0.15) is 74.1 Å². The van der Waals surface area contributed by atoms with Crippen molar-refractivity contribution in [2.75, 3.05) is 13.2 Å². The Bertz CT molecular complexity index is 337. The summed E-state index contributed by atoms with van der Waals surface area (Å²) < 4.78 is 4.84. The van der Waals surface area contributed by atoms with Crippen molar-refractivity contribution < 1.29 is 51.7 Å².